The Morgan fingerprint density at radius 3 is 0.719 bits per heavy atom. The van der Waals surface area contributed by atoms with Crippen molar-refractivity contribution in [2.24, 2.45) is 0 Å². The van der Waals surface area contributed by atoms with E-state index in [9.17, 15) is 57.5 Å². The summed E-state index contributed by atoms with van der Waals surface area (Å²) in [5.74, 6) is -71.2. The van der Waals surface area contributed by atoms with Crippen LogP contribution in [0.15, 0.2) is 30.3 Å². The highest BCUT2D eigenvalue weighted by Gasteiger charge is 2.52. The number of rotatable bonds is 6. The Balaban J connectivity index is 0.000000512. The highest BCUT2D eigenvalue weighted by molar-refractivity contribution is 7.21. The Bertz CT molecular complexity index is 2090. The lowest BCUT2D eigenvalue weighted by Gasteiger charge is -2.44. The van der Waals surface area contributed by atoms with Crippen molar-refractivity contribution in [2.75, 3.05) is 0 Å². The summed E-state index contributed by atoms with van der Waals surface area (Å²) in [5, 5.41) is -0.249. The van der Waals surface area contributed by atoms with Gasteiger partial charge in [-0.2, -0.15) is 0 Å². The number of hydrogen-bond donors (Lipinski definition) is 0. The molecule has 0 fully saturated rings. The largest absolute Gasteiger partial charge is 0.289 e. The third-order valence-corrected chi connectivity index (χ3v) is 8.68. The van der Waals surface area contributed by atoms with Gasteiger partial charge >= 0.3 is 0 Å². The normalized spacial score (nSPS) is 11.9. The zero-order valence-electron chi connectivity index (χ0n) is 27.6. The van der Waals surface area contributed by atoms with Crippen molar-refractivity contribution < 1.29 is 92.6 Å². The standard InChI is InChI=1S/C24BF20.C10H13OP/c26-5-1(6(27)14(35)21(42)13(5)34)25(2-7(28)15(36)22(43)16(37)8(2)29,3-9(30)17(38)23(44)18(39)10(3)31)4-11(32)19(40)24(45)20(41)12(4)33;1-10(2,12)9(11)8-6-4-3-5-7-8/h;3-7H,12H2,1-2H3/q-1;/p+1. The van der Waals surface area contributed by atoms with E-state index in [1.165, 1.54) is 0 Å². The number of carbonyl (C=O) groups excluding carboxylic acids is 1. The van der Waals surface area contributed by atoms with Gasteiger partial charge in [-0.3, -0.25) is 4.79 Å². The van der Waals surface area contributed by atoms with Gasteiger partial charge in [-0.05, 0) is 23.1 Å². The number of halogens is 20. The van der Waals surface area contributed by atoms with E-state index in [0.717, 1.165) is 5.56 Å². The topological polar surface area (TPSA) is 17.1 Å². The van der Waals surface area contributed by atoms with Gasteiger partial charge < -0.3 is 0 Å². The van der Waals surface area contributed by atoms with Crippen LogP contribution >= 0.6 is 9.24 Å². The van der Waals surface area contributed by atoms with Crippen LogP contribution in [0.3, 0.4) is 0 Å². The highest BCUT2D eigenvalue weighted by Crippen LogP contribution is 2.31. The second-order valence-electron chi connectivity index (χ2n) is 12.4. The molecule has 1 atom stereocenters. The van der Waals surface area contributed by atoms with Gasteiger partial charge in [0.2, 0.25) is 5.78 Å². The van der Waals surface area contributed by atoms with Crippen LogP contribution < -0.4 is 21.9 Å². The lowest BCUT2D eigenvalue weighted by Crippen LogP contribution is -2.81. The average molecular weight is 860 g/mol. The number of hydrogen-bond acceptors (Lipinski definition) is 1. The molecule has 0 saturated carbocycles. The Morgan fingerprint density at radius 2 is 0.544 bits per heavy atom. The molecule has 0 heterocycles. The van der Waals surface area contributed by atoms with E-state index in [1.54, 1.807) is 9.24 Å². The lowest BCUT2D eigenvalue weighted by atomic mass is 9.12. The van der Waals surface area contributed by atoms with Gasteiger partial charge in [0, 0.05) is 5.56 Å². The molecule has 0 aliphatic rings. The highest BCUT2D eigenvalue weighted by atomic mass is 31.0. The first kappa shape index (κ1) is 44.6. The fourth-order valence-electron chi connectivity index (χ4n) is 5.85. The second kappa shape index (κ2) is 15.7. The molecule has 0 aromatic heterocycles. The molecule has 5 rings (SSSR count). The van der Waals surface area contributed by atoms with Gasteiger partial charge in [0.15, 0.2) is 69.8 Å². The van der Waals surface area contributed by atoms with Crippen LogP contribution in [0.1, 0.15) is 24.2 Å². The predicted octanol–water partition coefficient (Wildman–Crippen LogP) is 8.10. The molecule has 304 valence electrons. The lowest BCUT2D eigenvalue weighted by molar-refractivity contribution is 0.0957. The summed E-state index contributed by atoms with van der Waals surface area (Å²) in [6.45, 7) is 3.89. The summed E-state index contributed by atoms with van der Waals surface area (Å²) in [4.78, 5) is 11.7. The molecule has 5 aromatic rings. The van der Waals surface area contributed by atoms with E-state index in [0.29, 0.717) is 0 Å². The van der Waals surface area contributed by atoms with Crippen LogP contribution in [0.4, 0.5) is 87.8 Å². The maximum atomic E-state index is 15.4. The summed E-state index contributed by atoms with van der Waals surface area (Å²) >= 11 is 0. The van der Waals surface area contributed by atoms with E-state index in [-0.39, 0.29) is 10.9 Å². The number of ketones is 1. The molecule has 0 spiro atoms. The monoisotopic (exact) mass is 860 g/mol. The van der Waals surface area contributed by atoms with Crippen molar-refractivity contribution in [1.29, 1.82) is 0 Å². The first-order chi connectivity index (χ1) is 26.2. The van der Waals surface area contributed by atoms with E-state index in [2.05, 4.69) is 0 Å². The van der Waals surface area contributed by atoms with Crippen molar-refractivity contribution in [1.82, 2.24) is 0 Å². The van der Waals surface area contributed by atoms with E-state index in [4.69, 9.17) is 0 Å². The third kappa shape index (κ3) is 6.88. The predicted molar refractivity (Wildman–Crippen MR) is 165 cm³/mol. The van der Waals surface area contributed by atoms with Gasteiger partial charge in [-0.25, -0.2) is 87.8 Å². The summed E-state index contributed by atoms with van der Waals surface area (Å²) in [6.07, 6.45) is -7.22. The molecule has 0 saturated heterocycles. The second-order valence-corrected chi connectivity index (χ2v) is 14.1. The van der Waals surface area contributed by atoms with Crippen LogP contribution in [-0.2, 0) is 0 Å². The fraction of sp³-hybridized carbons (Fsp3) is 0.0882. The molecule has 0 amide bonds. The molecule has 0 aliphatic heterocycles. The SMILES string of the molecule is CC(C)([PH3+])C(=O)c1ccccc1.Fc1c(F)c(F)c([B-](c2c(F)c(F)c(F)c(F)c2F)(c2c(F)c(F)c(F)c(F)c2F)c2c(F)c(F)c(F)c(F)c2F)c(F)c1F. The Morgan fingerprint density at radius 1 is 0.368 bits per heavy atom. The Hall–Kier alpha value is -5.14. The molecule has 1 nitrogen and oxygen atoms in total. The number of carbonyl (C=O) groups is 1. The molecular weight excluding hydrogens is 846 g/mol. The quantitative estimate of drug-likeness (QED) is 0.0422. The molecule has 0 radical (unpaired) electrons. The molecule has 0 bridgehead atoms. The molecule has 5 aromatic carbocycles. The minimum atomic E-state index is -7.22. The van der Waals surface area contributed by atoms with Gasteiger partial charge in [0.25, 0.3) is 0 Å². The summed E-state index contributed by atoms with van der Waals surface area (Å²) < 4.78 is 294. The summed E-state index contributed by atoms with van der Waals surface area (Å²) in [6, 6.07) is 9.42. The van der Waals surface area contributed by atoms with Crippen LogP contribution in [0.5, 0.6) is 0 Å². The van der Waals surface area contributed by atoms with Crippen LogP contribution in [-0.4, -0.2) is 17.1 Å². The molecule has 0 aliphatic carbocycles. The van der Waals surface area contributed by atoms with Gasteiger partial charge in [0.05, 0.1) is 0 Å². The minimum absolute atomic E-state index is 0.210. The molecule has 23 heteroatoms. The number of benzene rings is 5. The maximum Gasteiger partial charge on any atom is 0.204 e. The van der Waals surface area contributed by atoms with Crippen molar-refractivity contribution in [3.05, 3.63) is 152 Å². The van der Waals surface area contributed by atoms with Crippen molar-refractivity contribution >= 4 is 43.0 Å². The first-order valence-corrected chi connectivity index (χ1v) is 15.6. The van der Waals surface area contributed by atoms with Crippen molar-refractivity contribution in [2.45, 2.75) is 19.0 Å². The Kier molecular flexibility index (Phi) is 12.2. The van der Waals surface area contributed by atoms with Crippen LogP contribution in [0.25, 0.3) is 0 Å². The van der Waals surface area contributed by atoms with Crippen molar-refractivity contribution in [3.63, 3.8) is 0 Å². The first-order valence-electron chi connectivity index (χ1n) is 14.9. The number of Topliss-reactive ketones (excluding diaryl/α,β-unsaturated/α-hetero) is 1. The van der Waals surface area contributed by atoms with Crippen LogP contribution in [0, 0.1) is 116 Å². The molecule has 0 N–H and O–H groups in total. The molecule has 1 unspecified atom stereocenters. The zero-order chi connectivity index (χ0) is 43.5. The third-order valence-electron chi connectivity index (χ3n) is 8.36. The molecular formula is C34H14BF20OP. The summed E-state index contributed by atoms with van der Waals surface area (Å²) in [7, 11) is 1.73. The minimum Gasteiger partial charge on any atom is -0.289 e. The van der Waals surface area contributed by atoms with Gasteiger partial charge in [-0.15, -0.1) is 21.9 Å². The fourth-order valence-corrected chi connectivity index (χ4v) is 6.06. The van der Waals surface area contributed by atoms with E-state index < -0.39 is 144 Å². The zero-order valence-corrected chi connectivity index (χ0v) is 29.1. The smallest absolute Gasteiger partial charge is 0.204 e. The van der Waals surface area contributed by atoms with Crippen LogP contribution in [0.2, 0.25) is 0 Å². The van der Waals surface area contributed by atoms with E-state index in [1.807, 2.05) is 44.2 Å². The average Bonchev–Trinajstić information content (AvgIpc) is 3.17. The van der Waals surface area contributed by atoms with E-state index >= 15 is 35.1 Å². The summed E-state index contributed by atoms with van der Waals surface area (Å²) in [5.41, 5.74) is -13.5. The van der Waals surface area contributed by atoms with Crippen molar-refractivity contribution in [3.8, 4) is 0 Å². The maximum absolute atomic E-state index is 15.4. The van der Waals surface area contributed by atoms with Gasteiger partial charge in [0.1, 0.15) is 57.8 Å². The molecule has 57 heavy (non-hydrogen) atoms. The Labute approximate surface area is 307 Å². The van der Waals surface area contributed by atoms with Gasteiger partial charge in [-0.1, -0.05) is 30.3 Å².